The Morgan fingerprint density at radius 1 is 0.297 bits per heavy atom. The number of carbonyl (C=O) groups excluding carboxylic acids is 2. The molecule has 0 rings (SSSR count). The van der Waals surface area contributed by atoms with Crippen LogP contribution >= 0.6 is 0 Å². The van der Waals surface area contributed by atoms with E-state index in [1.165, 1.54) is 32.1 Å². The van der Waals surface area contributed by atoms with Crippen molar-refractivity contribution in [2.24, 2.45) is 0 Å². The number of carboxylic acids is 1. The van der Waals surface area contributed by atoms with Crippen molar-refractivity contribution in [3.8, 4) is 0 Å². The van der Waals surface area contributed by atoms with Gasteiger partial charge in [-0.15, -0.1) is 0 Å². The minimum Gasteiger partial charge on any atom is -0.477 e. The lowest BCUT2D eigenvalue weighted by molar-refractivity contribution is -0.870. The van der Waals surface area contributed by atoms with Gasteiger partial charge < -0.3 is 28.5 Å². The fourth-order valence-electron chi connectivity index (χ4n) is 9.72. The van der Waals surface area contributed by atoms with E-state index in [4.69, 9.17) is 18.9 Å². The first-order valence-corrected chi connectivity index (χ1v) is 39.2. The minimum absolute atomic E-state index is 0.169. The number of hydrogen-bond acceptors (Lipinski definition) is 7. The van der Waals surface area contributed by atoms with E-state index < -0.39 is 24.3 Å². The Hall–Kier alpha value is -6.91. The molecule has 1 N–H and O–H groups in total. The number of carbonyl (C=O) groups is 3. The van der Waals surface area contributed by atoms with Crippen LogP contribution in [-0.2, 0) is 33.3 Å². The van der Waals surface area contributed by atoms with E-state index in [2.05, 4.69) is 257 Å². The maximum atomic E-state index is 13.0. The predicted octanol–water partition coefficient (Wildman–Crippen LogP) is 25.6. The molecule has 0 aromatic rings. The Labute approximate surface area is 618 Å². The first kappa shape index (κ1) is 94.1. The second-order valence-electron chi connectivity index (χ2n) is 26.2. The topological polar surface area (TPSA) is 108 Å². The number of hydrogen-bond donors (Lipinski definition) is 1. The highest BCUT2D eigenvalue weighted by molar-refractivity contribution is 5.71. The number of nitrogens with zero attached hydrogens (tertiary/aromatic N) is 1. The average Bonchev–Trinajstić information content (AvgIpc) is 1.21. The number of unbranched alkanes of at least 4 members (excludes halogenated alkanes) is 14. The molecule has 0 aliphatic heterocycles. The molecule has 0 spiro atoms. The van der Waals surface area contributed by atoms with Crippen LogP contribution in [0.4, 0.5) is 0 Å². The van der Waals surface area contributed by atoms with Gasteiger partial charge in [0.05, 0.1) is 34.4 Å². The number of esters is 2. The quantitative estimate of drug-likeness (QED) is 0.0211. The number of likely N-dealkylation sites (N-methyl/N-ethyl adjacent to an activating group) is 1. The van der Waals surface area contributed by atoms with Crippen molar-refractivity contribution in [2.45, 2.75) is 270 Å². The molecule has 0 bridgehead atoms. The molecule has 562 valence electrons. The molecule has 0 heterocycles. The number of carboxylic acid groups (broad SMARTS) is 1. The molecular weight excluding hydrogens is 1250 g/mol. The van der Waals surface area contributed by atoms with Crippen molar-refractivity contribution in [2.75, 3.05) is 47.5 Å². The largest absolute Gasteiger partial charge is 0.477 e. The van der Waals surface area contributed by atoms with Gasteiger partial charge in [0.15, 0.2) is 6.10 Å². The van der Waals surface area contributed by atoms with Crippen molar-refractivity contribution in [3.05, 3.63) is 243 Å². The highest BCUT2D eigenvalue weighted by atomic mass is 16.7. The Bertz CT molecular complexity index is 2570. The van der Waals surface area contributed by atoms with E-state index in [0.717, 1.165) is 193 Å². The van der Waals surface area contributed by atoms with Crippen LogP contribution in [0.2, 0.25) is 0 Å². The summed E-state index contributed by atoms with van der Waals surface area (Å²) in [6.45, 7) is 4.59. The second-order valence-corrected chi connectivity index (χ2v) is 26.2. The fraction of sp³-hybridized carbons (Fsp3) is 0.533. The van der Waals surface area contributed by atoms with Crippen molar-refractivity contribution >= 4 is 17.9 Å². The highest BCUT2D eigenvalue weighted by Crippen LogP contribution is 2.15. The summed E-state index contributed by atoms with van der Waals surface area (Å²) in [5, 5.41) is 9.77. The molecule has 0 saturated heterocycles. The standard InChI is InChI=1S/C92H141NO8/c1-6-8-10-12-14-16-18-20-22-24-26-28-30-32-34-36-38-40-42-44-45-47-49-51-53-55-57-59-61-63-65-67-69-71-73-75-77-79-81-83-90(95)101-88(87-100-92(91(96)97)98-85-84-93(3,4)5)86-99-89(94)82-80-78-76-74-72-70-68-66-64-62-60-58-56-54-52-50-48-46-43-41-39-37-35-33-31-29-27-25-23-21-19-17-15-13-11-9-7-2/h8-11,14-17,20-23,26-29,32-35,38-41,44-46,48-49,51-52,54-55,57-58,60-61,63,67,69,88,92H,6-7,12-13,18-19,24-25,30-31,36-37,42-43,47,50,53,56,59,62,64-66,68,70-87H2,1-5H3/p+1/b10-8-,11-9-,16-14-,17-15-,22-20-,23-21-,28-26-,29-27-,34-32-,35-33-,40-38-,41-39-,45-44-,48-46-,51-49-,54-52-,57-55-,60-58-,63-61-,69-67-. The van der Waals surface area contributed by atoms with Gasteiger partial charge >= 0.3 is 17.9 Å². The molecule has 0 aromatic heterocycles. The Morgan fingerprint density at radius 3 is 0.792 bits per heavy atom. The summed E-state index contributed by atoms with van der Waals surface area (Å²) in [4.78, 5) is 37.7. The van der Waals surface area contributed by atoms with Gasteiger partial charge in [0.1, 0.15) is 13.2 Å². The van der Waals surface area contributed by atoms with Crippen LogP contribution in [0.25, 0.3) is 0 Å². The molecule has 101 heavy (non-hydrogen) atoms. The minimum atomic E-state index is -1.54. The summed E-state index contributed by atoms with van der Waals surface area (Å²) >= 11 is 0. The van der Waals surface area contributed by atoms with Crippen molar-refractivity contribution in [1.82, 2.24) is 0 Å². The SMILES string of the molecule is CC/C=C\C/C=C\C/C=C\C/C=C\C/C=C\C/C=C\C/C=C\C/C=C\C/C=C\C/C=C\C/C=C\CCCCCCCC(=O)OC(COC(=O)CCCCCCCCCCC/C=C\C/C=C\C/C=C\C/C=C\C/C=C\C/C=C\C/C=C\C/C=C\C/C=C\CC)COC(OCC[N+](C)(C)C)C(=O)O. The molecule has 0 aliphatic carbocycles. The molecule has 0 aliphatic rings. The molecular formula is C92H142NO8+. The average molecular weight is 1390 g/mol. The summed E-state index contributed by atoms with van der Waals surface area (Å²) in [7, 11) is 5.95. The fourth-order valence-corrected chi connectivity index (χ4v) is 9.72. The molecule has 0 saturated carbocycles. The maximum Gasteiger partial charge on any atom is 0.361 e. The molecule has 0 amide bonds. The number of rotatable bonds is 69. The third-order valence-electron chi connectivity index (χ3n) is 15.6. The van der Waals surface area contributed by atoms with Gasteiger partial charge in [-0.2, -0.15) is 0 Å². The zero-order valence-electron chi connectivity index (χ0n) is 64.2. The predicted molar refractivity (Wildman–Crippen MR) is 437 cm³/mol. The Morgan fingerprint density at radius 2 is 0.535 bits per heavy atom. The first-order chi connectivity index (χ1) is 49.6. The summed E-state index contributed by atoms with van der Waals surface area (Å²) < 4.78 is 23.0. The zero-order chi connectivity index (χ0) is 73.2. The van der Waals surface area contributed by atoms with E-state index in [9.17, 15) is 19.5 Å². The molecule has 0 aromatic carbocycles. The maximum absolute atomic E-state index is 13.0. The lowest BCUT2D eigenvalue weighted by Crippen LogP contribution is -2.40. The van der Waals surface area contributed by atoms with Crippen molar-refractivity contribution < 1.29 is 42.9 Å². The number of aliphatic carboxylic acids is 1. The smallest absolute Gasteiger partial charge is 0.361 e. The van der Waals surface area contributed by atoms with Gasteiger partial charge in [-0.25, -0.2) is 4.79 Å². The van der Waals surface area contributed by atoms with Gasteiger partial charge in [0.2, 0.25) is 0 Å². The van der Waals surface area contributed by atoms with Crippen LogP contribution in [0.5, 0.6) is 0 Å². The van der Waals surface area contributed by atoms with E-state index >= 15 is 0 Å². The first-order valence-electron chi connectivity index (χ1n) is 39.2. The van der Waals surface area contributed by atoms with Crippen LogP contribution in [0.15, 0.2) is 243 Å². The summed E-state index contributed by atoms with van der Waals surface area (Å²) in [5.74, 6) is -2.07. The summed E-state index contributed by atoms with van der Waals surface area (Å²) in [5.41, 5.74) is 0. The molecule has 0 radical (unpaired) electrons. The molecule has 2 atom stereocenters. The molecule has 9 nitrogen and oxygen atoms in total. The lowest BCUT2D eigenvalue weighted by atomic mass is 10.1. The van der Waals surface area contributed by atoms with E-state index in [-0.39, 0.29) is 38.6 Å². The van der Waals surface area contributed by atoms with Gasteiger partial charge in [0.25, 0.3) is 6.29 Å². The van der Waals surface area contributed by atoms with Gasteiger partial charge in [-0.05, 0) is 167 Å². The Kier molecular flexibility index (Phi) is 73.4. The van der Waals surface area contributed by atoms with Crippen LogP contribution in [0, 0.1) is 0 Å². The van der Waals surface area contributed by atoms with E-state index in [1.807, 2.05) is 21.1 Å². The summed E-state index contributed by atoms with van der Waals surface area (Å²) in [6.07, 6.45) is 124. The number of quaternary nitrogens is 1. The van der Waals surface area contributed by atoms with Gasteiger partial charge in [0, 0.05) is 12.8 Å². The van der Waals surface area contributed by atoms with Crippen molar-refractivity contribution in [3.63, 3.8) is 0 Å². The van der Waals surface area contributed by atoms with Crippen LogP contribution in [-0.4, -0.2) is 87.4 Å². The number of ether oxygens (including phenoxy) is 4. The molecule has 2 unspecified atom stereocenters. The number of allylic oxidation sites excluding steroid dienone is 40. The normalized spacial score (nSPS) is 14.0. The van der Waals surface area contributed by atoms with Crippen molar-refractivity contribution in [1.29, 1.82) is 0 Å². The van der Waals surface area contributed by atoms with Gasteiger partial charge in [-0.3, -0.25) is 9.59 Å². The zero-order valence-corrected chi connectivity index (χ0v) is 64.2. The van der Waals surface area contributed by atoms with Crippen LogP contribution < -0.4 is 0 Å². The summed E-state index contributed by atoms with van der Waals surface area (Å²) in [6, 6.07) is 0. The third kappa shape index (κ3) is 80.3. The highest BCUT2D eigenvalue weighted by Gasteiger charge is 2.25. The lowest BCUT2D eigenvalue weighted by Gasteiger charge is -2.25. The van der Waals surface area contributed by atoms with Gasteiger partial charge in [-0.1, -0.05) is 321 Å². The third-order valence-corrected chi connectivity index (χ3v) is 15.6. The van der Waals surface area contributed by atoms with E-state index in [0.29, 0.717) is 17.4 Å². The monoisotopic (exact) mass is 1390 g/mol. The van der Waals surface area contributed by atoms with Crippen LogP contribution in [0.3, 0.4) is 0 Å². The Balaban J connectivity index is 4.23. The molecule has 0 fully saturated rings. The van der Waals surface area contributed by atoms with Crippen LogP contribution in [0.1, 0.15) is 258 Å². The van der Waals surface area contributed by atoms with E-state index in [1.54, 1.807) is 0 Å². The molecule has 9 heteroatoms. The second kappa shape index (κ2) is 78.8.